The zero-order valence-electron chi connectivity index (χ0n) is 9.91. The fraction of sp³-hybridized carbons (Fsp3) is 0.400. The van der Waals surface area contributed by atoms with E-state index in [0.717, 1.165) is 4.47 Å². The van der Waals surface area contributed by atoms with Crippen molar-refractivity contribution in [3.8, 4) is 0 Å². The molecular weight excluding hydrogens is 407 g/mol. The predicted octanol–water partition coefficient (Wildman–Crippen LogP) is 2.52. The maximum Gasteiger partial charge on any atom is 0.241 e. The summed E-state index contributed by atoms with van der Waals surface area (Å²) in [6.45, 7) is 2.25. The van der Waals surface area contributed by atoms with Crippen LogP contribution in [0.15, 0.2) is 32.0 Å². The first-order valence-corrected chi connectivity index (χ1v) is 8.05. The van der Waals surface area contributed by atoms with Crippen molar-refractivity contribution in [3.05, 3.63) is 27.1 Å². The van der Waals surface area contributed by atoms with Gasteiger partial charge in [-0.25, -0.2) is 13.1 Å². The highest BCUT2D eigenvalue weighted by Crippen LogP contribution is 2.25. The molecule has 0 saturated carbocycles. The van der Waals surface area contributed by atoms with Crippen LogP contribution in [0.4, 0.5) is 0 Å². The third-order valence-corrected chi connectivity index (χ3v) is 5.15. The average Bonchev–Trinajstić information content (AvgIpc) is 2.25. The van der Waals surface area contributed by atoms with Crippen LogP contribution in [-0.2, 0) is 10.0 Å². The summed E-state index contributed by atoms with van der Waals surface area (Å²) in [5.41, 5.74) is 0. The van der Waals surface area contributed by atoms with E-state index in [2.05, 4.69) is 41.9 Å². The van der Waals surface area contributed by atoms with Gasteiger partial charge in [-0.2, -0.15) is 0 Å². The van der Waals surface area contributed by atoms with Gasteiger partial charge in [0.15, 0.2) is 0 Å². The molecule has 1 rings (SSSR count). The van der Waals surface area contributed by atoms with E-state index in [9.17, 15) is 8.42 Å². The molecule has 0 fully saturated rings. The number of hydrogen-bond acceptors (Lipinski definition) is 3. The minimum atomic E-state index is -3.47. The Hall–Kier alpha value is 0.340. The molecule has 0 aromatic heterocycles. The molecule has 0 bridgehead atoms. The van der Waals surface area contributed by atoms with Crippen molar-refractivity contribution < 1.29 is 8.42 Å². The number of hydrogen-bond donors (Lipinski definition) is 2. The molecule has 104 valence electrons. The van der Waals surface area contributed by atoms with E-state index in [1.165, 1.54) is 0 Å². The second-order valence-corrected chi connectivity index (χ2v) is 7.12. The molecule has 2 N–H and O–H groups in total. The molecule has 0 heterocycles. The minimum absolute atomic E-state index is 0. The molecule has 0 saturated heterocycles. The van der Waals surface area contributed by atoms with Crippen LogP contribution in [0.25, 0.3) is 0 Å². The quantitative estimate of drug-likeness (QED) is 0.767. The highest BCUT2D eigenvalue weighted by molar-refractivity contribution is 9.11. The molecule has 0 amide bonds. The van der Waals surface area contributed by atoms with Crippen LogP contribution in [0.1, 0.15) is 6.92 Å². The number of sulfonamides is 1. The van der Waals surface area contributed by atoms with Gasteiger partial charge < -0.3 is 5.32 Å². The van der Waals surface area contributed by atoms with Crippen LogP contribution in [0.5, 0.6) is 0 Å². The molecule has 1 aromatic carbocycles. The Morgan fingerprint density at radius 1 is 1.33 bits per heavy atom. The largest absolute Gasteiger partial charge is 0.316 e. The van der Waals surface area contributed by atoms with Crippen molar-refractivity contribution in [2.24, 2.45) is 0 Å². The van der Waals surface area contributed by atoms with E-state index in [-0.39, 0.29) is 23.3 Å². The van der Waals surface area contributed by atoms with Crippen molar-refractivity contribution in [3.63, 3.8) is 0 Å². The van der Waals surface area contributed by atoms with E-state index in [0.29, 0.717) is 11.0 Å². The van der Waals surface area contributed by atoms with Crippen molar-refractivity contribution in [2.45, 2.75) is 17.9 Å². The zero-order valence-corrected chi connectivity index (χ0v) is 14.7. The Morgan fingerprint density at radius 3 is 2.44 bits per heavy atom. The van der Waals surface area contributed by atoms with Crippen molar-refractivity contribution in [1.82, 2.24) is 10.0 Å². The molecular formula is C10H15Br2ClN2O2S. The lowest BCUT2D eigenvalue weighted by molar-refractivity contribution is 0.554. The summed E-state index contributed by atoms with van der Waals surface area (Å²) >= 11 is 6.52. The molecule has 1 aromatic rings. The van der Waals surface area contributed by atoms with E-state index in [1.54, 1.807) is 25.2 Å². The fourth-order valence-corrected chi connectivity index (χ4v) is 3.98. The van der Waals surface area contributed by atoms with Crippen LogP contribution < -0.4 is 10.0 Å². The molecule has 0 spiro atoms. The normalized spacial score (nSPS) is 12.9. The molecule has 18 heavy (non-hydrogen) atoms. The van der Waals surface area contributed by atoms with E-state index in [4.69, 9.17) is 0 Å². The standard InChI is InChI=1S/C10H14Br2N2O2S.ClH/c1-7(13-2)6-14-17(15,16)10-4-3-8(11)5-9(10)12;/h3-5,7,13-14H,6H2,1-2H3;1H. The average molecular weight is 423 g/mol. The van der Waals surface area contributed by atoms with Crippen molar-refractivity contribution >= 4 is 54.3 Å². The van der Waals surface area contributed by atoms with Crippen molar-refractivity contribution in [2.75, 3.05) is 13.6 Å². The first-order valence-electron chi connectivity index (χ1n) is 4.99. The minimum Gasteiger partial charge on any atom is -0.316 e. The third-order valence-electron chi connectivity index (χ3n) is 2.26. The van der Waals surface area contributed by atoms with Gasteiger partial charge in [-0.15, -0.1) is 12.4 Å². The summed E-state index contributed by atoms with van der Waals surface area (Å²) in [5.74, 6) is 0. The van der Waals surface area contributed by atoms with Gasteiger partial charge in [0.05, 0.1) is 4.90 Å². The summed E-state index contributed by atoms with van der Waals surface area (Å²) in [7, 11) is -1.68. The smallest absolute Gasteiger partial charge is 0.241 e. The van der Waals surface area contributed by atoms with Gasteiger partial charge in [0.1, 0.15) is 0 Å². The predicted molar refractivity (Wildman–Crippen MR) is 82.8 cm³/mol. The van der Waals surface area contributed by atoms with E-state index >= 15 is 0 Å². The van der Waals surface area contributed by atoms with Crippen LogP contribution in [0, 0.1) is 0 Å². The van der Waals surface area contributed by atoms with Crippen LogP contribution in [0.2, 0.25) is 0 Å². The van der Waals surface area contributed by atoms with Gasteiger partial charge in [0.2, 0.25) is 10.0 Å². The summed E-state index contributed by atoms with van der Waals surface area (Å²) in [6.07, 6.45) is 0. The lowest BCUT2D eigenvalue weighted by atomic mass is 10.4. The maximum atomic E-state index is 12.0. The highest BCUT2D eigenvalue weighted by atomic mass is 79.9. The van der Waals surface area contributed by atoms with Crippen LogP contribution in [0.3, 0.4) is 0 Å². The number of halogens is 3. The molecule has 0 aliphatic carbocycles. The molecule has 4 nitrogen and oxygen atoms in total. The summed E-state index contributed by atoms with van der Waals surface area (Å²) in [6, 6.07) is 5.04. The molecule has 1 unspecified atom stereocenters. The number of likely N-dealkylation sites (N-methyl/N-ethyl adjacent to an activating group) is 1. The lowest BCUT2D eigenvalue weighted by Crippen LogP contribution is -2.37. The SMILES string of the molecule is CNC(C)CNS(=O)(=O)c1ccc(Br)cc1Br.Cl. The Labute approximate surface area is 131 Å². The van der Waals surface area contributed by atoms with Crippen molar-refractivity contribution in [1.29, 1.82) is 0 Å². The monoisotopic (exact) mass is 420 g/mol. The Kier molecular flexibility index (Phi) is 7.96. The fourth-order valence-electron chi connectivity index (χ4n) is 1.11. The molecule has 0 radical (unpaired) electrons. The first kappa shape index (κ1) is 18.3. The molecule has 8 heteroatoms. The Morgan fingerprint density at radius 2 is 1.94 bits per heavy atom. The van der Waals surface area contributed by atoms with Gasteiger partial charge >= 0.3 is 0 Å². The van der Waals surface area contributed by atoms with Gasteiger partial charge in [0, 0.05) is 21.5 Å². The number of nitrogens with one attached hydrogen (secondary N) is 2. The first-order chi connectivity index (χ1) is 7.86. The Balaban J connectivity index is 0.00000289. The third kappa shape index (κ3) is 5.14. The Bertz CT molecular complexity index is 497. The van der Waals surface area contributed by atoms with Gasteiger partial charge in [-0.3, -0.25) is 0 Å². The zero-order chi connectivity index (χ0) is 13.1. The molecule has 1 atom stereocenters. The van der Waals surface area contributed by atoms with E-state index in [1.807, 2.05) is 6.92 Å². The van der Waals surface area contributed by atoms with Gasteiger partial charge in [-0.1, -0.05) is 15.9 Å². The van der Waals surface area contributed by atoms with E-state index < -0.39 is 10.0 Å². The second-order valence-electron chi connectivity index (χ2n) is 3.62. The van der Waals surface area contributed by atoms with Crippen LogP contribution in [-0.4, -0.2) is 28.1 Å². The highest BCUT2D eigenvalue weighted by Gasteiger charge is 2.17. The summed E-state index contributed by atoms with van der Waals surface area (Å²) < 4.78 is 27.9. The summed E-state index contributed by atoms with van der Waals surface area (Å²) in [4.78, 5) is 0.240. The number of rotatable bonds is 5. The van der Waals surface area contributed by atoms with Gasteiger partial charge in [0.25, 0.3) is 0 Å². The van der Waals surface area contributed by atoms with Crippen LogP contribution >= 0.6 is 44.3 Å². The molecule has 0 aliphatic heterocycles. The van der Waals surface area contributed by atoms with Gasteiger partial charge in [-0.05, 0) is 48.1 Å². The maximum absolute atomic E-state index is 12.0. The topological polar surface area (TPSA) is 58.2 Å². The molecule has 0 aliphatic rings. The number of benzene rings is 1. The summed E-state index contributed by atoms with van der Waals surface area (Å²) in [5, 5.41) is 2.97. The lowest BCUT2D eigenvalue weighted by Gasteiger charge is -2.12. The second kappa shape index (κ2) is 7.81.